The van der Waals surface area contributed by atoms with Gasteiger partial charge in [-0.15, -0.1) is 10.2 Å². The van der Waals surface area contributed by atoms with Gasteiger partial charge in [-0.2, -0.15) is 9.97 Å². The Morgan fingerprint density at radius 3 is 2.54 bits per heavy atom. The molecule has 7 rings (SSSR count). The van der Waals surface area contributed by atoms with Crippen LogP contribution in [0.1, 0.15) is 38.5 Å². The molecule has 12 heteroatoms. The minimum absolute atomic E-state index is 0.0290. The first-order valence-corrected chi connectivity index (χ1v) is 13.8. The molecule has 11 nitrogen and oxygen atoms in total. The number of piperazine rings is 1. The number of nitrogens with one attached hydrogen (secondary N) is 1. The Hall–Kier alpha value is -3.38. The summed E-state index contributed by atoms with van der Waals surface area (Å²) >= 11 is 0. The number of anilines is 1. The normalized spacial score (nSPS) is 23.8. The average molecular weight is 537 g/mol. The largest absolute Gasteiger partial charge is 0.480 e. The number of fused-ring (bicyclic) bond motifs is 4. The molecule has 4 aliphatic rings. The number of aromatic nitrogens is 5. The molecule has 0 spiro atoms. The Bertz CT molecular complexity index is 1390. The maximum atomic E-state index is 16.4. The zero-order chi connectivity index (χ0) is 26.6. The van der Waals surface area contributed by atoms with E-state index in [4.69, 9.17) is 19.2 Å². The van der Waals surface area contributed by atoms with Gasteiger partial charge in [0.2, 0.25) is 11.8 Å². The number of hydrogen-bond donors (Lipinski definition) is 1. The van der Waals surface area contributed by atoms with E-state index in [9.17, 15) is 0 Å². The quantitative estimate of drug-likeness (QED) is 0.481. The van der Waals surface area contributed by atoms with Crippen LogP contribution >= 0.6 is 0 Å². The van der Waals surface area contributed by atoms with Crippen molar-refractivity contribution in [1.82, 2.24) is 35.4 Å². The molecule has 39 heavy (non-hydrogen) atoms. The number of hydrogen-bond acceptors (Lipinski definition) is 11. The second kappa shape index (κ2) is 9.67. The fourth-order valence-corrected chi connectivity index (χ4v) is 6.93. The highest BCUT2D eigenvalue weighted by Gasteiger charge is 2.45. The molecule has 0 aromatic carbocycles. The van der Waals surface area contributed by atoms with Crippen LogP contribution < -0.4 is 24.4 Å². The Morgan fingerprint density at radius 1 is 1.05 bits per heavy atom. The molecule has 1 N–H and O–H groups in total. The Morgan fingerprint density at radius 2 is 1.82 bits per heavy atom. The van der Waals surface area contributed by atoms with Crippen LogP contribution in [0.3, 0.4) is 0 Å². The summed E-state index contributed by atoms with van der Waals surface area (Å²) in [5.41, 5.74) is 0.579. The summed E-state index contributed by atoms with van der Waals surface area (Å²) in [4.78, 5) is 18.8. The van der Waals surface area contributed by atoms with E-state index in [0.29, 0.717) is 35.5 Å². The van der Waals surface area contributed by atoms with E-state index in [1.165, 1.54) is 27.1 Å². The van der Waals surface area contributed by atoms with E-state index in [1.807, 2.05) is 0 Å². The van der Waals surface area contributed by atoms with Crippen molar-refractivity contribution in [2.45, 2.75) is 56.1 Å². The van der Waals surface area contributed by atoms with Crippen LogP contribution in [0.2, 0.25) is 0 Å². The van der Waals surface area contributed by atoms with Crippen molar-refractivity contribution in [3.8, 4) is 29.0 Å². The molecular formula is C27H33FN8O3. The van der Waals surface area contributed by atoms with Crippen LogP contribution in [0.5, 0.6) is 17.8 Å². The zero-order valence-corrected chi connectivity index (χ0v) is 22.3. The van der Waals surface area contributed by atoms with Crippen molar-refractivity contribution in [1.29, 1.82) is 0 Å². The van der Waals surface area contributed by atoms with E-state index in [2.05, 4.69) is 35.3 Å². The van der Waals surface area contributed by atoms with Gasteiger partial charge in [-0.3, -0.25) is 9.88 Å². The molecule has 3 aromatic rings. The van der Waals surface area contributed by atoms with Gasteiger partial charge in [0.15, 0.2) is 5.82 Å². The van der Waals surface area contributed by atoms with Gasteiger partial charge in [-0.05, 0) is 51.6 Å². The lowest BCUT2D eigenvalue weighted by Crippen LogP contribution is -2.51. The second-order valence-electron chi connectivity index (χ2n) is 11.1. The lowest BCUT2D eigenvalue weighted by atomic mass is 9.95. The van der Waals surface area contributed by atoms with Crippen molar-refractivity contribution in [3.63, 3.8) is 0 Å². The van der Waals surface area contributed by atoms with Crippen LogP contribution in [0.15, 0.2) is 12.3 Å². The van der Waals surface area contributed by atoms with E-state index < -0.39 is 5.82 Å². The predicted octanol–water partition coefficient (Wildman–Crippen LogP) is 2.59. The molecule has 0 aliphatic carbocycles. The SMILES string of the molecule is COc1cc(-c2ncc3c(N4CC5CCC(C4)N5)nc(OCC45CCCN4CCC5)nc3c2F)c(OC)nn1. The Kier molecular flexibility index (Phi) is 6.11. The highest BCUT2D eigenvalue weighted by atomic mass is 19.1. The van der Waals surface area contributed by atoms with Crippen LogP contribution in [-0.2, 0) is 0 Å². The highest BCUT2D eigenvalue weighted by molar-refractivity contribution is 5.92. The fourth-order valence-electron chi connectivity index (χ4n) is 6.93. The molecule has 2 atom stereocenters. The lowest BCUT2D eigenvalue weighted by molar-refractivity contribution is 0.108. The molecule has 7 heterocycles. The van der Waals surface area contributed by atoms with Crippen molar-refractivity contribution in [3.05, 3.63) is 18.1 Å². The molecule has 4 saturated heterocycles. The smallest absolute Gasteiger partial charge is 0.319 e. The van der Waals surface area contributed by atoms with E-state index in [1.54, 1.807) is 12.3 Å². The number of nitrogens with zero attached hydrogens (tertiary/aromatic N) is 7. The van der Waals surface area contributed by atoms with E-state index in [-0.39, 0.29) is 34.5 Å². The number of halogens is 1. The predicted molar refractivity (Wildman–Crippen MR) is 142 cm³/mol. The molecule has 4 aliphatic heterocycles. The summed E-state index contributed by atoms with van der Waals surface area (Å²) in [6, 6.07) is 2.54. The zero-order valence-electron chi connectivity index (χ0n) is 22.3. The van der Waals surface area contributed by atoms with Gasteiger partial charge in [0, 0.05) is 37.4 Å². The first kappa shape index (κ1) is 24.6. The van der Waals surface area contributed by atoms with Crippen molar-refractivity contribution in [2.75, 3.05) is 51.9 Å². The number of methoxy groups -OCH3 is 2. The summed E-state index contributed by atoms with van der Waals surface area (Å²) < 4.78 is 33.3. The van der Waals surface area contributed by atoms with Crippen LogP contribution in [-0.4, -0.2) is 94.7 Å². The van der Waals surface area contributed by atoms with Gasteiger partial charge in [0.05, 0.1) is 30.7 Å². The minimum atomic E-state index is -0.589. The van der Waals surface area contributed by atoms with E-state index in [0.717, 1.165) is 51.9 Å². The van der Waals surface area contributed by atoms with Crippen molar-refractivity contribution < 1.29 is 18.6 Å². The van der Waals surface area contributed by atoms with Crippen molar-refractivity contribution >= 4 is 16.7 Å². The number of rotatable bonds is 7. The molecular weight excluding hydrogens is 503 g/mol. The van der Waals surface area contributed by atoms with Crippen molar-refractivity contribution in [2.24, 2.45) is 0 Å². The van der Waals surface area contributed by atoms with Gasteiger partial charge in [0.25, 0.3) is 0 Å². The maximum absolute atomic E-state index is 16.4. The Balaban J connectivity index is 1.32. The molecule has 3 aromatic heterocycles. The molecule has 2 unspecified atom stereocenters. The minimum Gasteiger partial charge on any atom is -0.480 e. The number of ether oxygens (including phenoxy) is 3. The van der Waals surface area contributed by atoms with E-state index >= 15 is 4.39 Å². The topological polar surface area (TPSA) is 111 Å². The first-order valence-electron chi connectivity index (χ1n) is 13.8. The average Bonchev–Trinajstić information content (AvgIpc) is 3.65. The lowest BCUT2D eigenvalue weighted by Gasteiger charge is -2.34. The molecule has 0 amide bonds. The number of pyridine rings is 1. The molecule has 206 valence electrons. The van der Waals surface area contributed by atoms with Crippen LogP contribution in [0.25, 0.3) is 22.2 Å². The summed E-state index contributed by atoms with van der Waals surface area (Å²) in [5.74, 6) is 0.449. The third-order valence-corrected chi connectivity index (χ3v) is 8.84. The second-order valence-corrected chi connectivity index (χ2v) is 11.1. The Labute approximate surface area is 226 Å². The molecule has 4 fully saturated rings. The third-order valence-electron chi connectivity index (χ3n) is 8.84. The summed E-state index contributed by atoms with van der Waals surface area (Å²) in [7, 11) is 2.93. The van der Waals surface area contributed by atoms with Gasteiger partial charge >= 0.3 is 6.01 Å². The van der Waals surface area contributed by atoms with Gasteiger partial charge in [0.1, 0.15) is 23.6 Å². The fraction of sp³-hybridized carbons (Fsp3) is 0.593. The monoisotopic (exact) mass is 536 g/mol. The molecule has 2 bridgehead atoms. The summed E-state index contributed by atoms with van der Waals surface area (Å²) in [5, 5.41) is 12.2. The maximum Gasteiger partial charge on any atom is 0.319 e. The highest BCUT2D eigenvalue weighted by Crippen LogP contribution is 2.40. The summed E-state index contributed by atoms with van der Waals surface area (Å²) in [6.07, 6.45) is 8.44. The first-order chi connectivity index (χ1) is 19.1. The standard InChI is InChI=1S/C27H33FN8O3/c1-37-20-11-18(25(38-2)34-33-20)22-21(28)23-19(12-29-22)24(35-13-16-5-6-17(14-35)30-16)32-26(31-23)39-15-27-7-3-9-36(27)10-4-8-27/h11-12,16-17,30H,3-10,13-15H2,1-2H3. The van der Waals surface area contributed by atoms with Gasteiger partial charge in [-0.1, -0.05) is 0 Å². The van der Waals surface area contributed by atoms with Crippen LogP contribution in [0.4, 0.5) is 10.2 Å². The van der Waals surface area contributed by atoms with Crippen LogP contribution in [0, 0.1) is 5.82 Å². The van der Waals surface area contributed by atoms with Gasteiger partial charge in [-0.25, -0.2) is 4.39 Å². The molecule has 0 saturated carbocycles. The molecule has 0 radical (unpaired) electrons. The summed E-state index contributed by atoms with van der Waals surface area (Å²) in [6.45, 7) is 4.30. The third kappa shape index (κ3) is 4.20. The van der Waals surface area contributed by atoms with Gasteiger partial charge < -0.3 is 24.4 Å².